The summed E-state index contributed by atoms with van der Waals surface area (Å²) in [7, 11) is 0. The van der Waals surface area contributed by atoms with Crippen LogP contribution in [-0.4, -0.2) is 15.7 Å². The molecule has 1 fully saturated rings. The average molecular weight is 389 g/mol. The number of carbonyl (C=O) groups excluding carboxylic acids is 1. The van der Waals surface area contributed by atoms with Crippen LogP contribution in [0.4, 0.5) is 5.69 Å². The van der Waals surface area contributed by atoms with E-state index in [-0.39, 0.29) is 11.5 Å². The Kier molecular flexibility index (Phi) is 5.74. The largest absolute Gasteiger partial charge is 0.326 e. The van der Waals surface area contributed by atoms with Gasteiger partial charge in [0.05, 0.1) is 16.8 Å². The van der Waals surface area contributed by atoms with Gasteiger partial charge < -0.3 is 5.32 Å². The van der Waals surface area contributed by atoms with Gasteiger partial charge in [-0.05, 0) is 49.6 Å². The monoisotopic (exact) mass is 389 g/mol. The third-order valence-electron chi connectivity index (χ3n) is 5.89. The van der Waals surface area contributed by atoms with E-state index in [1.165, 1.54) is 36.8 Å². The quantitative estimate of drug-likeness (QED) is 0.668. The first-order chi connectivity index (χ1) is 14.1. The molecular weight excluding hydrogens is 362 g/mol. The van der Waals surface area contributed by atoms with Crippen molar-refractivity contribution in [2.75, 3.05) is 5.32 Å². The third-order valence-corrected chi connectivity index (χ3v) is 5.89. The highest BCUT2D eigenvalue weighted by Gasteiger charge is 2.15. The van der Waals surface area contributed by atoms with Crippen molar-refractivity contribution < 1.29 is 4.79 Å². The van der Waals surface area contributed by atoms with Gasteiger partial charge in [0.2, 0.25) is 5.91 Å². The zero-order valence-electron chi connectivity index (χ0n) is 16.9. The molecule has 0 aliphatic heterocycles. The number of hydrogen-bond donors (Lipinski definition) is 1. The van der Waals surface area contributed by atoms with Gasteiger partial charge in [0.1, 0.15) is 0 Å². The Labute approximate surface area is 170 Å². The summed E-state index contributed by atoms with van der Waals surface area (Å²) in [5.41, 5.74) is 2.09. The number of nitrogens with one attached hydrogen (secondary N) is 1. The first-order valence-corrected chi connectivity index (χ1v) is 10.5. The molecule has 2 aromatic carbocycles. The van der Waals surface area contributed by atoms with Gasteiger partial charge in [-0.1, -0.05) is 50.3 Å². The predicted octanol–water partition coefficient (Wildman–Crippen LogP) is 4.99. The van der Waals surface area contributed by atoms with Crippen LogP contribution in [-0.2, 0) is 4.79 Å². The zero-order valence-corrected chi connectivity index (χ0v) is 16.9. The normalized spacial score (nSPS) is 14.8. The van der Waals surface area contributed by atoms with E-state index in [1.54, 1.807) is 0 Å². The Morgan fingerprint density at radius 3 is 2.45 bits per heavy atom. The molecule has 29 heavy (non-hydrogen) atoms. The molecule has 5 heteroatoms. The molecule has 5 nitrogen and oxygen atoms in total. The summed E-state index contributed by atoms with van der Waals surface area (Å²) in [6.45, 7) is 1.90. The molecule has 1 aromatic heterocycles. The van der Waals surface area contributed by atoms with Crippen LogP contribution in [0.1, 0.15) is 50.6 Å². The van der Waals surface area contributed by atoms with Crippen LogP contribution in [0.3, 0.4) is 0 Å². The molecule has 1 amide bonds. The smallest absolute Gasteiger partial charge is 0.279 e. The number of aryl methyl sites for hydroxylation is 1. The van der Waals surface area contributed by atoms with Crippen LogP contribution in [0.15, 0.2) is 53.3 Å². The highest BCUT2D eigenvalue weighted by atomic mass is 16.1. The summed E-state index contributed by atoms with van der Waals surface area (Å²) in [6.07, 6.45) is 8.00. The molecule has 0 saturated heterocycles. The van der Waals surface area contributed by atoms with Crippen molar-refractivity contribution >= 4 is 22.4 Å². The Hall–Kier alpha value is -2.95. The van der Waals surface area contributed by atoms with Gasteiger partial charge in [-0.3, -0.25) is 9.59 Å². The van der Waals surface area contributed by atoms with Gasteiger partial charge in [-0.2, -0.15) is 9.78 Å². The zero-order chi connectivity index (χ0) is 20.2. The molecule has 4 rings (SSSR count). The van der Waals surface area contributed by atoms with Crippen LogP contribution < -0.4 is 10.9 Å². The number of fused-ring (bicyclic) bond motifs is 1. The van der Waals surface area contributed by atoms with Crippen molar-refractivity contribution in [3.8, 4) is 5.69 Å². The van der Waals surface area contributed by atoms with Crippen molar-refractivity contribution in [2.45, 2.75) is 51.9 Å². The third kappa shape index (κ3) is 4.39. The number of hydrogen-bond acceptors (Lipinski definition) is 3. The average Bonchev–Trinajstić information content (AvgIpc) is 2.76. The number of aromatic nitrogens is 2. The van der Waals surface area contributed by atoms with Crippen LogP contribution in [0.2, 0.25) is 0 Å². The summed E-state index contributed by atoms with van der Waals surface area (Å²) in [5.74, 6) is 0.756. The maximum atomic E-state index is 12.8. The lowest BCUT2D eigenvalue weighted by Crippen LogP contribution is -2.22. The summed E-state index contributed by atoms with van der Waals surface area (Å²) in [5, 5.41) is 8.95. The van der Waals surface area contributed by atoms with E-state index >= 15 is 0 Å². The molecule has 0 radical (unpaired) electrons. The summed E-state index contributed by atoms with van der Waals surface area (Å²) >= 11 is 0. The van der Waals surface area contributed by atoms with Gasteiger partial charge in [0, 0.05) is 17.5 Å². The first-order valence-electron chi connectivity index (χ1n) is 10.5. The number of carbonyl (C=O) groups is 1. The number of amides is 1. The fraction of sp³-hybridized carbons (Fsp3) is 0.375. The SMILES string of the molecule is Cc1nn(-c2ccc(NC(=O)CCC3CCCCC3)cc2)c(=O)c2ccccc12. The number of rotatable bonds is 5. The molecule has 0 spiro atoms. The van der Waals surface area contributed by atoms with E-state index in [2.05, 4.69) is 10.4 Å². The maximum absolute atomic E-state index is 12.8. The number of benzene rings is 2. The van der Waals surface area contributed by atoms with E-state index in [1.807, 2.05) is 55.5 Å². The molecule has 1 saturated carbocycles. The summed E-state index contributed by atoms with van der Waals surface area (Å²) in [4.78, 5) is 25.1. The Balaban J connectivity index is 1.45. The van der Waals surface area contributed by atoms with Gasteiger partial charge >= 0.3 is 0 Å². The summed E-state index contributed by atoms with van der Waals surface area (Å²) < 4.78 is 1.42. The lowest BCUT2D eigenvalue weighted by Gasteiger charge is -2.21. The second-order valence-corrected chi connectivity index (χ2v) is 7.99. The molecule has 0 atom stereocenters. The van der Waals surface area contributed by atoms with Crippen molar-refractivity contribution in [2.24, 2.45) is 5.92 Å². The summed E-state index contributed by atoms with van der Waals surface area (Å²) in [6, 6.07) is 14.8. The van der Waals surface area contributed by atoms with Crippen LogP contribution >= 0.6 is 0 Å². The Morgan fingerprint density at radius 1 is 1.03 bits per heavy atom. The van der Waals surface area contributed by atoms with Crippen LogP contribution in [0.5, 0.6) is 0 Å². The molecule has 1 heterocycles. The van der Waals surface area contributed by atoms with E-state index in [4.69, 9.17) is 0 Å². The van der Waals surface area contributed by atoms with Crippen molar-refractivity contribution in [3.63, 3.8) is 0 Å². The van der Waals surface area contributed by atoms with E-state index in [9.17, 15) is 9.59 Å². The topological polar surface area (TPSA) is 64.0 Å². The highest BCUT2D eigenvalue weighted by molar-refractivity contribution is 5.90. The molecule has 3 aromatic rings. The minimum absolute atomic E-state index is 0.0557. The molecule has 0 bridgehead atoms. The van der Waals surface area contributed by atoms with Crippen molar-refractivity contribution in [1.29, 1.82) is 0 Å². The Morgan fingerprint density at radius 2 is 1.72 bits per heavy atom. The number of nitrogens with zero attached hydrogens (tertiary/aromatic N) is 2. The van der Waals surface area contributed by atoms with Crippen molar-refractivity contribution in [1.82, 2.24) is 9.78 Å². The van der Waals surface area contributed by atoms with Crippen LogP contribution in [0.25, 0.3) is 16.5 Å². The first kappa shape index (κ1) is 19.4. The fourth-order valence-corrected chi connectivity index (χ4v) is 4.24. The van der Waals surface area contributed by atoms with Gasteiger partial charge in [0.15, 0.2) is 0 Å². The van der Waals surface area contributed by atoms with Gasteiger partial charge in [0.25, 0.3) is 5.56 Å². The van der Waals surface area contributed by atoms with Gasteiger partial charge in [-0.15, -0.1) is 0 Å². The Bertz CT molecular complexity index is 1060. The predicted molar refractivity (Wildman–Crippen MR) is 117 cm³/mol. The highest BCUT2D eigenvalue weighted by Crippen LogP contribution is 2.27. The molecular formula is C24H27N3O2. The second-order valence-electron chi connectivity index (χ2n) is 7.99. The molecule has 1 aliphatic carbocycles. The van der Waals surface area contributed by atoms with E-state index < -0.39 is 0 Å². The molecule has 1 aliphatic rings. The molecule has 1 N–H and O–H groups in total. The lowest BCUT2D eigenvalue weighted by atomic mass is 9.86. The molecule has 0 unspecified atom stereocenters. The van der Waals surface area contributed by atoms with Crippen LogP contribution in [0, 0.1) is 12.8 Å². The fourth-order valence-electron chi connectivity index (χ4n) is 4.24. The number of anilines is 1. The second kappa shape index (κ2) is 8.60. The minimum atomic E-state index is -0.143. The van der Waals surface area contributed by atoms with E-state index in [0.717, 1.165) is 23.2 Å². The van der Waals surface area contributed by atoms with Crippen molar-refractivity contribution in [3.05, 3.63) is 64.6 Å². The molecule has 150 valence electrons. The standard InChI is InChI=1S/C24H27N3O2/c1-17-21-9-5-6-10-22(21)24(29)27(26-17)20-14-12-19(13-15-20)25-23(28)16-11-18-7-3-2-4-8-18/h5-6,9-10,12-15,18H,2-4,7-8,11,16H2,1H3,(H,25,28). The maximum Gasteiger partial charge on any atom is 0.279 e. The minimum Gasteiger partial charge on any atom is -0.326 e. The lowest BCUT2D eigenvalue weighted by molar-refractivity contribution is -0.116. The van der Waals surface area contributed by atoms with Gasteiger partial charge in [-0.25, -0.2) is 0 Å². The van der Waals surface area contributed by atoms with E-state index in [0.29, 0.717) is 23.4 Å².